The number of nitrogens with zero attached hydrogens (tertiary/aromatic N) is 4. The van der Waals surface area contributed by atoms with Crippen LogP contribution in [-0.2, 0) is 5.41 Å². The molecule has 120 valence electrons. The third-order valence-corrected chi connectivity index (χ3v) is 4.44. The van der Waals surface area contributed by atoms with Crippen molar-refractivity contribution in [2.75, 3.05) is 5.32 Å². The zero-order valence-electron chi connectivity index (χ0n) is 13.7. The monoisotopic (exact) mass is 328 g/mol. The van der Waals surface area contributed by atoms with E-state index in [0.717, 1.165) is 22.1 Å². The molecule has 3 aromatic rings. The molecule has 2 aromatic heterocycles. The molecule has 2 N–H and O–H groups in total. The van der Waals surface area contributed by atoms with E-state index in [9.17, 15) is 0 Å². The zero-order chi connectivity index (χ0) is 16.4. The predicted molar refractivity (Wildman–Crippen MR) is 92.2 cm³/mol. The number of rotatable bonds is 4. The highest BCUT2D eigenvalue weighted by molar-refractivity contribution is 7.13. The molecule has 0 saturated carbocycles. The van der Waals surface area contributed by atoms with Gasteiger partial charge in [-0.15, -0.1) is 21.5 Å². The van der Waals surface area contributed by atoms with Crippen molar-refractivity contribution < 1.29 is 0 Å². The largest absolute Gasteiger partial charge is 0.332 e. The zero-order valence-corrected chi connectivity index (χ0v) is 14.5. The van der Waals surface area contributed by atoms with Gasteiger partial charge in [0.05, 0.1) is 5.69 Å². The highest BCUT2D eigenvalue weighted by Gasteiger charge is 2.17. The van der Waals surface area contributed by atoms with Crippen molar-refractivity contribution in [1.29, 1.82) is 0 Å². The Morgan fingerprint density at radius 2 is 1.91 bits per heavy atom. The fourth-order valence-electron chi connectivity index (χ4n) is 2.16. The molecule has 0 aliphatic rings. The van der Waals surface area contributed by atoms with Gasteiger partial charge in [-0.2, -0.15) is 5.21 Å². The number of nitrogens with one attached hydrogen (secondary N) is 2. The van der Waals surface area contributed by atoms with Crippen molar-refractivity contribution in [3.05, 3.63) is 46.7 Å². The van der Waals surface area contributed by atoms with Crippen molar-refractivity contribution >= 4 is 22.2 Å². The summed E-state index contributed by atoms with van der Waals surface area (Å²) in [6, 6.07) is 8.23. The lowest BCUT2D eigenvalue weighted by Gasteiger charge is -2.14. The highest BCUT2D eigenvalue weighted by atomic mass is 32.1. The lowest BCUT2D eigenvalue weighted by atomic mass is 9.93. The Morgan fingerprint density at radius 3 is 2.48 bits per heavy atom. The van der Waals surface area contributed by atoms with Crippen molar-refractivity contribution in [2.45, 2.75) is 39.0 Å². The van der Waals surface area contributed by atoms with Crippen LogP contribution in [0.3, 0.4) is 0 Å². The van der Waals surface area contributed by atoms with Crippen LogP contribution in [0.1, 0.15) is 50.7 Å². The summed E-state index contributed by atoms with van der Waals surface area (Å²) in [6.45, 7) is 8.56. The van der Waals surface area contributed by atoms with Gasteiger partial charge in [-0.05, 0) is 17.7 Å². The van der Waals surface area contributed by atoms with Gasteiger partial charge < -0.3 is 5.32 Å². The average Bonchev–Trinajstić information content (AvgIpc) is 3.18. The topological polar surface area (TPSA) is 79.4 Å². The van der Waals surface area contributed by atoms with E-state index in [0.29, 0.717) is 5.82 Å². The Hall–Kier alpha value is -2.28. The second-order valence-electron chi connectivity index (χ2n) is 6.53. The normalized spacial score (nSPS) is 13.0. The molecule has 0 radical (unpaired) electrons. The van der Waals surface area contributed by atoms with E-state index in [4.69, 9.17) is 0 Å². The summed E-state index contributed by atoms with van der Waals surface area (Å²) >= 11 is 1.63. The van der Waals surface area contributed by atoms with E-state index < -0.39 is 0 Å². The Bertz CT molecular complexity index is 755. The molecule has 6 nitrogen and oxygen atoms in total. The summed E-state index contributed by atoms with van der Waals surface area (Å²) in [5.41, 5.74) is 3.34. The van der Waals surface area contributed by atoms with Crippen LogP contribution >= 0.6 is 11.3 Å². The number of H-pyrrole nitrogens is 1. The van der Waals surface area contributed by atoms with Gasteiger partial charge in [0, 0.05) is 22.4 Å². The molecule has 1 atom stereocenters. The van der Waals surface area contributed by atoms with Gasteiger partial charge >= 0.3 is 0 Å². The van der Waals surface area contributed by atoms with Crippen LogP contribution in [0.5, 0.6) is 0 Å². The fourth-order valence-corrected chi connectivity index (χ4v) is 3.11. The van der Waals surface area contributed by atoms with Crippen molar-refractivity contribution in [2.24, 2.45) is 0 Å². The van der Waals surface area contributed by atoms with Crippen LogP contribution in [0.25, 0.3) is 0 Å². The number of aromatic amines is 1. The molecule has 0 fully saturated rings. The van der Waals surface area contributed by atoms with E-state index in [1.54, 1.807) is 11.3 Å². The van der Waals surface area contributed by atoms with E-state index in [-0.39, 0.29) is 11.3 Å². The van der Waals surface area contributed by atoms with Crippen LogP contribution in [0.2, 0.25) is 0 Å². The Balaban J connectivity index is 1.71. The molecule has 7 heteroatoms. The first-order chi connectivity index (χ1) is 10.9. The van der Waals surface area contributed by atoms with E-state index in [1.807, 2.05) is 12.1 Å². The molecule has 0 saturated heterocycles. The minimum atomic E-state index is 0.0698. The van der Waals surface area contributed by atoms with Gasteiger partial charge in [0.15, 0.2) is 11.0 Å². The average molecular weight is 328 g/mol. The molecular weight excluding hydrogens is 308 g/mol. The predicted octanol–water partition coefficient (Wildman–Crippen LogP) is 3.85. The second kappa shape index (κ2) is 6.08. The van der Waals surface area contributed by atoms with Crippen molar-refractivity contribution in [1.82, 2.24) is 25.6 Å². The fraction of sp³-hybridized carbons (Fsp3) is 0.375. The van der Waals surface area contributed by atoms with Crippen LogP contribution < -0.4 is 5.32 Å². The SMILES string of the molecule is CC(c1ccc(Nc2nc(C(C)(C)C)cs2)cc1)c1nn[nH]n1. The minimum Gasteiger partial charge on any atom is -0.332 e. The summed E-state index contributed by atoms with van der Waals surface area (Å²) in [7, 11) is 0. The van der Waals surface area contributed by atoms with Crippen LogP contribution in [0, 0.1) is 0 Å². The van der Waals surface area contributed by atoms with Gasteiger partial charge in [0.25, 0.3) is 0 Å². The number of thiazole rings is 1. The maximum absolute atomic E-state index is 4.65. The maximum atomic E-state index is 4.65. The highest BCUT2D eigenvalue weighted by Crippen LogP contribution is 2.29. The molecule has 2 heterocycles. The standard InChI is InChI=1S/C16H20N6S/c1-10(14-19-21-22-20-14)11-5-7-12(8-6-11)17-15-18-13(9-23-15)16(2,3)4/h5-10H,1-4H3,(H,17,18)(H,19,20,21,22). The maximum Gasteiger partial charge on any atom is 0.187 e. The van der Waals surface area contributed by atoms with Crippen LogP contribution in [-0.4, -0.2) is 25.6 Å². The van der Waals surface area contributed by atoms with Crippen molar-refractivity contribution in [3.63, 3.8) is 0 Å². The summed E-state index contributed by atoms with van der Waals surface area (Å²) in [5.74, 6) is 0.801. The molecule has 1 unspecified atom stereocenters. The van der Waals surface area contributed by atoms with Gasteiger partial charge in [-0.3, -0.25) is 0 Å². The first kappa shape index (κ1) is 15.6. The summed E-state index contributed by atoms with van der Waals surface area (Å²) in [5, 5.41) is 20.5. The Labute approximate surface area is 139 Å². The molecule has 0 amide bonds. The molecule has 0 spiro atoms. The second-order valence-corrected chi connectivity index (χ2v) is 7.38. The molecule has 0 aliphatic carbocycles. The van der Waals surface area contributed by atoms with Gasteiger partial charge in [-0.1, -0.05) is 45.0 Å². The first-order valence-electron chi connectivity index (χ1n) is 7.50. The molecule has 0 aliphatic heterocycles. The summed E-state index contributed by atoms with van der Waals surface area (Å²) in [6.07, 6.45) is 0. The number of tetrazole rings is 1. The Morgan fingerprint density at radius 1 is 1.17 bits per heavy atom. The molecule has 3 rings (SSSR count). The van der Waals surface area contributed by atoms with Gasteiger partial charge in [-0.25, -0.2) is 4.98 Å². The summed E-state index contributed by atoms with van der Waals surface area (Å²) in [4.78, 5) is 4.65. The Kier molecular flexibility index (Phi) is 4.12. The molecule has 0 bridgehead atoms. The number of hydrogen-bond acceptors (Lipinski definition) is 6. The third kappa shape index (κ3) is 3.56. The number of benzene rings is 1. The van der Waals surface area contributed by atoms with Gasteiger partial charge in [0.1, 0.15) is 0 Å². The first-order valence-corrected chi connectivity index (χ1v) is 8.38. The van der Waals surface area contributed by atoms with E-state index in [2.05, 4.69) is 76.1 Å². The quantitative estimate of drug-likeness (QED) is 0.760. The number of hydrogen-bond donors (Lipinski definition) is 2. The smallest absolute Gasteiger partial charge is 0.187 e. The van der Waals surface area contributed by atoms with Crippen LogP contribution in [0.4, 0.5) is 10.8 Å². The molecule has 1 aromatic carbocycles. The van der Waals surface area contributed by atoms with Crippen LogP contribution in [0.15, 0.2) is 29.6 Å². The summed E-state index contributed by atoms with van der Waals surface area (Å²) < 4.78 is 0. The number of anilines is 2. The number of aromatic nitrogens is 5. The lowest BCUT2D eigenvalue weighted by molar-refractivity contribution is 0.573. The van der Waals surface area contributed by atoms with Crippen molar-refractivity contribution in [3.8, 4) is 0 Å². The molecular formula is C16H20N6S. The third-order valence-electron chi connectivity index (χ3n) is 3.68. The van der Waals surface area contributed by atoms with E-state index >= 15 is 0 Å². The van der Waals surface area contributed by atoms with Gasteiger partial charge in [0.2, 0.25) is 0 Å². The lowest BCUT2D eigenvalue weighted by Crippen LogP contribution is -2.11. The minimum absolute atomic E-state index is 0.0698. The van der Waals surface area contributed by atoms with E-state index in [1.165, 1.54) is 0 Å². The molecule has 23 heavy (non-hydrogen) atoms.